The largest absolute Gasteiger partial charge is 0.497 e. The molecule has 2 aliphatic rings. The van der Waals surface area contributed by atoms with Gasteiger partial charge in [-0.3, -0.25) is 0 Å². The van der Waals surface area contributed by atoms with Gasteiger partial charge in [-0.1, -0.05) is 24.3 Å². The Morgan fingerprint density at radius 2 is 1.73 bits per heavy atom. The van der Waals surface area contributed by atoms with Crippen molar-refractivity contribution in [2.75, 3.05) is 18.6 Å². The quantitative estimate of drug-likeness (QED) is 0.668. The van der Waals surface area contributed by atoms with Crippen molar-refractivity contribution in [1.29, 1.82) is 0 Å². The molecule has 1 fully saturated rings. The van der Waals surface area contributed by atoms with Crippen LogP contribution in [0.1, 0.15) is 28.8 Å². The third kappa shape index (κ3) is 3.42. The molecule has 0 bridgehead atoms. The fourth-order valence-corrected chi connectivity index (χ4v) is 4.66. The number of hydrazine groups is 1. The second-order valence-electron chi connectivity index (χ2n) is 7.89. The van der Waals surface area contributed by atoms with E-state index in [0.29, 0.717) is 6.54 Å². The van der Waals surface area contributed by atoms with E-state index < -0.39 is 0 Å². The zero-order chi connectivity index (χ0) is 20.7. The first-order chi connectivity index (χ1) is 14.6. The van der Waals surface area contributed by atoms with Crippen LogP contribution in [0.2, 0.25) is 0 Å². The minimum Gasteiger partial charge on any atom is -0.497 e. The number of fused-ring (bicyclic) bond motifs is 3. The van der Waals surface area contributed by atoms with E-state index in [1.165, 1.54) is 18.2 Å². The second-order valence-corrected chi connectivity index (χ2v) is 7.89. The van der Waals surface area contributed by atoms with Crippen LogP contribution in [0.15, 0.2) is 66.7 Å². The smallest absolute Gasteiger partial charge is 0.123 e. The van der Waals surface area contributed by atoms with Crippen molar-refractivity contribution in [1.82, 2.24) is 10.9 Å². The molecule has 0 amide bonds. The number of anilines is 1. The molecular formula is C24H23F2N3O. The molecule has 3 unspecified atom stereocenters. The number of benzene rings is 3. The predicted octanol–water partition coefficient (Wildman–Crippen LogP) is 4.50. The lowest BCUT2D eigenvalue weighted by Crippen LogP contribution is -2.39. The van der Waals surface area contributed by atoms with Crippen molar-refractivity contribution in [3.63, 3.8) is 0 Å². The Bertz CT molecular complexity index is 1060. The van der Waals surface area contributed by atoms with Crippen LogP contribution >= 0.6 is 0 Å². The Hall–Kier alpha value is -2.96. The summed E-state index contributed by atoms with van der Waals surface area (Å²) in [6.07, 6.45) is 0. The molecule has 3 aromatic rings. The number of hydrogen-bond donors (Lipinski definition) is 2. The lowest BCUT2D eigenvalue weighted by Gasteiger charge is -2.39. The van der Waals surface area contributed by atoms with Crippen molar-refractivity contribution in [3.8, 4) is 5.75 Å². The van der Waals surface area contributed by atoms with Crippen LogP contribution in [0, 0.1) is 17.6 Å². The minimum atomic E-state index is -0.243. The van der Waals surface area contributed by atoms with E-state index in [1.54, 1.807) is 19.2 Å². The van der Waals surface area contributed by atoms with Gasteiger partial charge in [-0.25, -0.2) is 19.6 Å². The van der Waals surface area contributed by atoms with Gasteiger partial charge in [0.25, 0.3) is 0 Å². The van der Waals surface area contributed by atoms with Crippen LogP contribution < -0.4 is 20.5 Å². The number of hydrogen-bond acceptors (Lipinski definition) is 4. The maximum atomic E-state index is 13.8. The van der Waals surface area contributed by atoms with Crippen molar-refractivity contribution < 1.29 is 13.5 Å². The highest BCUT2D eigenvalue weighted by Crippen LogP contribution is 2.46. The van der Waals surface area contributed by atoms with Gasteiger partial charge in [0.15, 0.2) is 0 Å². The van der Waals surface area contributed by atoms with Gasteiger partial charge in [0.1, 0.15) is 17.4 Å². The van der Waals surface area contributed by atoms with Crippen molar-refractivity contribution in [2.45, 2.75) is 18.6 Å². The molecule has 3 atom stereocenters. The maximum absolute atomic E-state index is 13.8. The first-order valence-electron chi connectivity index (χ1n) is 10.1. The van der Waals surface area contributed by atoms with Crippen LogP contribution in [0.25, 0.3) is 0 Å². The zero-order valence-corrected chi connectivity index (χ0v) is 16.6. The van der Waals surface area contributed by atoms with Gasteiger partial charge in [-0.15, -0.1) is 0 Å². The van der Waals surface area contributed by atoms with E-state index in [1.807, 2.05) is 24.3 Å². The summed E-state index contributed by atoms with van der Waals surface area (Å²) in [4.78, 5) is 2.29. The van der Waals surface area contributed by atoms with E-state index in [0.717, 1.165) is 34.7 Å². The molecule has 0 spiro atoms. The number of nitrogens with zero attached hydrogens (tertiary/aromatic N) is 1. The Labute approximate surface area is 174 Å². The molecular weight excluding hydrogens is 384 g/mol. The number of nitrogens with one attached hydrogen (secondary N) is 2. The summed E-state index contributed by atoms with van der Waals surface area (Å²) in [6.45, 7) is 1.39. The average Bonchev–Trinajstić information content (AvgIpc) is 3.18. The molecule has 2 aliphatic heterocycles. The minimum absolute atomic E-state index is 0.0324. The van der Waals surface area contributed by atoms with Gasteiger partial charge >= 0.3 is 0 Å². The molecule has 1 saturated heterocycles. The van der Waals surface area contributed by atoms with Gasteiger partial charge in [0.05, 0.1) is 19.2 Å². The Kier molecular flexibility index (Phi) is 4.89. The molecule has 30 heavy (non-hydrogen) atoms. The fraction of sp³-hybridized carbons (Fsp3) is 0.250. The summed E-state index contributed by atoms with van der Waals surface area (Å²) in [6, 6.07) is 19.6. The van der Waals surface area contributed by atoms with E-state index in [9.17, 15) is 8.78 Å². The Balaban J connectivity index is 1.52. The molecule has 0 aromatic heterocycles. The summed E-state index contributed by atoms with van der Waals surface area (Å²) in [5.74, 6) is 0.536. The average molecular weight is 407 g/mol. The highest BCUT2D eigenvalue weighted by atomic mass is 19.1. The topological polar surface area (TPSA) is 36.5 Å². The van der Waals surface area contributed by atoms with Crippen molar-refractivity contribution in [2.24, 2.45) is 5.92 Å². The Morgan fingerprint density at radius 1 is 0.933 bits per heavy atom. The van der Waals surface area contributed by atoms with Crippen LogP contribution in [0.4, 0.5) is 14.5 Å². The van der Waals surface area contributed by atoms with Crippen LogP contribution in [-0.4, -0.2) is 13.7 Å². The van der Waals surface area contributed by atoms with Crippen LogP contribution in [-0.2, 0) is 6.54 Å². The molecule has 0 aliphatic carbocycles. The monoisotopic (exact) mass is 407 g/mol. The third-order valence-corrected chi connectivity index (χ3v) is 6.08. The number of methoxy groups -OCH3 is 1. The molecule has 0 radical (unpaired) electrons. The SMILES string of the molecule is COc1ccc2c(c1)C1NNC(c3ccc(F)cc3)C1CN2Cc1cccc(F)c1. The first kappa shape index (κ1) is 19.0. The number of halogens is 2. The summed E-state index contributed by atoms with van der Waals surface area (Å²) >= 11 is 0. The summed E-state index contributed by atoms with van der Waals surface area (Å²) in [5, 5.41) is 0. The van der Waals surface area contributed by atoms with Crippen LogP contribution in [0.5, 0.6) is 5.75 Å². The van der Waals surface area contributed by atoms with E-state index in [-0.39, 0.29) is 29.6 Å². The molecule has 3 aromatic carbocycles. The van der Waals surface area contributed by atoms with E-state index in [2.05, 4.69) is 27.9 Å². The van der Waals surface area contributed by atoms with Gasteiger partial charge in [-0.05, 0) is 59.2 Å². The third-order valence-electron chi connectivity index (χ3n) is 6.08. The summed E-state index contributed by atoms with van der Waals surface area (Å²) < 4.78 is 32.7. The lowest BCUT2D eigenvalue weighted by molar-refractivity contribution is 0.392. The molecule has 6 heteroatoms. The van der Waals surface area contributed by atoms with Gasteiger partial charge in [0.2, 0.25) is 0 Å². The van der Waals surface area contributed by atoms with Gasteiger partial charge in [0, 0.05) is 24.7 Å². The van der Waals surface area contributed by atoms with Crippen LogP contribution in [0.3, 0.4) is 0 Å². The van der Waals surface area contributed by atoms with E-state index >= 15 is 0 Å². The molecule has 0 saturated carbocycles. The normalized spacial score (nSPS) is 22.5. The molecule has 2 N–H and O–H groups in total. The highest BCUT2D eigenvalue weighted by molar-refractivity contribution is 5.61. The van der Waals surface area contributed by atoms with Gasteiger partial charge < -0.3 is 9.64 Å². The van der Waals surface area contributed by atoms with Crippen molar-refractivity contribution >= 4 is 5.69 Å². The molecule has 154 valence electrons. The van der Waals surface area contributed by atoms with Gasteiger partial charge in [-0.2, -0.15) is 0 Å². The van der Waals surface area contributed by atoms with Crippen molar-refractivity contribution in [3.05, 3.63) is 95.1 Å². The molecule has 2 heterocycles. The highest BCUT2D eigenvalue weighted by Gasteiger charge is 2.43. The molecule has 5 rings (SSSR count). The zero-order valence-electron chi connectivity index (χ0n) is 16.6. The Morgan fingerprint density at radius 3 is 2.50 bits per heavy atom. The summed E-state index contributed by atoms with van der Waals surface area (Å²) in [5.41, 5.74) is 11.0. The molecule has 4 nitrogen and oxygen atoms in total. The fourth-order valence-electron chi connectivity index (χ4n) is 4.66. The lowest BCUT2D eigenvalue weighted by atomic mass is 9.82. The second kappa shape index (κ2) is 7.70. The first-order valence-corrected chi connectivity index (χ1v) is 10.1. The number of rotatable bonds is 4. The summed E-state index contributed by atoms with van der Waals surface area (Å²) in [7, 11) is 1.66. The number of ether oxygens (including phenoxy) is 1. The standard InChI is InChI=1S/C24H23F2N3O/c1-30-19-9-10-22-20(12-19)24-21(14-29(22)13-15-3-2-4-18(26)11-15)23(27-28-24)16-5-7-17(25)8-6-16/h2-12,21,23-24,27-28H,13-14H2,1H3. The van der Waals surface area contributed by atoms with E-state index in [4.69, 9.17) is 4.74 Å². The maximum Gasteiger partial charge on any atom is 0.123 e. The predicted molar refractivity (Wildman–Crippen MR) is 112 cm³/mol.